The minimum Gasteiger partial charge on any atom is -0.496 e. The van der Waals surface area contributed by atoms with Gasteiger partial charge in [-0.2, -0.15) is 0 Å². The maximum absolute atomic E-state index is 11.9. The smallest absolute Gasteiger partial charge is 0.316 e. The van der Waals surface area contributed by atoms with E-state index in [2.05, 4.69) is 17.1 Å². The molecule has 148 valence electrons. The summed E-state index contributed by atoms with van der Waals surface area (Å²) in [6.45, 7) is 4.12. The van der Waals surface area contributed by atoms with Crippen molar-refractivity contribution in [3.8, 4) is 5.75 Å². The van der Waals surface area contributed by atoms with E-state index in [9.17, 15) is 9.59 Å². The maximum Gasteiger partial charge on any atom is 0.316 e. The number of nitrogens with one attached hydrogen (secondary N) is 1. The van der Waals surface area contributed by atoms with Crippen LogP contribution < -0.4 is 10.1 Å². The van der Waals surface area contributed by atoms with Gasteiger partial charge in [0.1, 0.15) is 10.1 Å². The molecule has 1 saturated heterocycles. The number of nitrogens with zero attached hydrogens (tertiary/aromatic N) is 1. The average molecular weight is 411 g/mol. The first-order valence-electron chi connectivity index (χ1n) is 8.95. The zero-order valence-corrected chi connectivity index (χ0v) is 17.4. The number of thioether (sulfide) groups is 1. The van der Waals surface area contributed by atoms with Crippen LogP contribution in [0.3, 0.4) is 0 Å². The van der Waals surface area contributed by atoms with Crippen LogP contribution in [0.25, 0.3) is 0 Å². The number of piperidine rings is 1. The minimum absolute atomic E-state index is 0.116. The van der Waals surface area contributed by atoms with Gasteiger partial charge in [0.2, 0.25) is 0 Å². The molecular formula is C19H26N2O4S2. The molecule has 0 atom stereocenters. The summed E-state index contributed by atoms with van der Waals surface area (Å²) in [6, 6.07) is 7.42. The zero-order valence-electron chi connectivity index (χ0n) is 15.7. The lowest BCUT2D eigenvalue weighted by Crippen LogP contribution is -2.36. The topological polar surface area (TPSA) is 67.9 Å². The highest BCUT2D eigenvalue weighted by atomic mass is 32.2. The van der Waals surface area contributed by atoms with E-state index in [0.29, 0.717) is 12.3 Å². The number of ether oxygens (including phenoxy) is 2. The maximum atomic E-state index is 11.9. The summed E-state index contributed by atoms with van der Waals surface area (Å²) >= 11 is 6.67. The van der Waals surface area contributed by atoms with E-state index in [1.54, 1.807) is 7.11 Å². The molecule has 1 aromatic rings. The van der Waals surface area contributed by atoms with Crippen molar-refractivity contribution in [1.82, 2.24) is 10.2 Å². The van der Waals surface area contributed by atoms with Gasteiger partial charge in [-0.15, -0.1) is 0 Å². The average Bonchev–Trinajstić information content (AvgIpc) is 2.69. The molecular weight excluding hydrogens is 384 g/mol. The van der Waals surface area contributed by atoms with Gasteiger partial charge in [-0.25, -0.2) is 0 Å². The molecule has 0 radical (unpaired) electrons. The molecule has 1 aliphatic heterocycles. The standard InChI is InChI=1S/C19H26N2O4S2/c1-14-7-9-21(10-8-14)19(26)27-13-18(23)25-12-17(22)20-11-15-5-3-4-6-16(15)24-2/h3-6,14H,7-13H2,1-2H3,(H,20,22). The molecule has 1 aromatic carbocycles. The minimum atomic E-state index is -0.444. The van der Waals surface area contributed by atoms with Crippen molar-refractivity contribution in [1.29, 1.82) is 0 Å². The molecule has 6 nitrogen and oxygen atoms in total. The molecule has 1 amide bonds. The SMILES string of the molecule is COc1ccccc1CNC(=O)COC(=O)CSC(=S)N1CCC(C)CC1. The molecule has 0 aromatic heterocycles. The van der Waals surface area contributed by atoms with E-state index >= 15 is 0 Å². The highest BCUT2D eigenvalue weighted by Gasteiger charge is 2.19. The van der Waals surface area contributed by atoms with Crippen molar-refractivity contribution >= 4 is 40.2 Å². The van der Waals surface area contributed by atoms with E-state index < -0.39 is 5.97 Å². The molecule has 1 heterocycles. The number of thiocarbonyl (C=S) groups is 1. The number of para-hydroxylation sites is 1. The Morgan fingerprint density at radius 1 is 1.30 bits per heavy atom. The summed E-state index contributed by atoms with van der Waals surface area (Å²) in [5.41, 5.74) is 0.858. The fourth-order valence-corrected chi connectivity index (χ4v) is 3.73. The molecule has 1 N–H and O–H groups in total. The van der Waals surface area contributed by atoms with Crippen molar-refractivity contribution in [2.45, 2.75) is 26.3 Å². The predicted molar refractivity (Wildman–Crippen MR) is 111 cm³/mol. The van der Waals surface area contributed by atoms with Crippen molar-refractivity contribution < 1.29 is 19.1 Å². The number of methoxy groups -OCH3 is 1. The lowest BCUT2D eigenvalue weighted by Gasteiger charge is -2.31. The molecule has 1 aliphatic rings. The van der Waals surface area contributed by atoms with Crippen LogP contribution in [0, 0.1) is 5.92 Å². The number of benzene rings is 1. The summed E-state index contributed by atoms with van der Waals surface area (Å²) < 4.78 is 11.0. The Kier molecular flexibility index (Phi) is 8.87. The number of carbonyl (C=O) groups excluding carboxylic acids is 2. The van der Waals surface area contributed by atoms with Crippen molar-refractivity contribution in [3.63, 3.8) is 0 Å². The Balaban J connectivity index is 1.63. The van der Waals surface area contributed by atoms with Gasteiger partial charge in [-0.05, 0) is 24.8 Å². The Hall–Kier alpha value is -1.80. The summed E-state index contributed by atoms with van der Waals surface area (Å²) in [6.07, 6.45) is 2.25. The number of amides is 1. The van der Waals surface area contributed by atoms with E-state index in [4.69, 9.17) is 21.7 Å². The van der Waals surface area contributed by atoms with Crippen LogP contribution in [0.5, 0.6) is 5.75 Å². The Morgan fingerprint density at radius 2 is 2.00 bits per heavy atom. The van der Waals surface area contributed by atoms with Gasteiger partial charge < -0.3 is 19.7 Å². The molecule has 0 saturated carbocycles. The quantitative estimate of drug-likeness (QED) is 0.547. The molecule has 2 rings (SSSR count). The third kappa shape index (κ3) is 7.38. The Morgan fingerprint density at radius 3 is 2.70 bits per heavy atom. The van der Waals surface area contributed by atoms with Crippen LogP contribution in [-0.4, -0.2) is 53.7 Å². The molecule has 27 heavy (non-hydrogen) atoms. The zero-order chi connectivity index (χ0) is 19.6. The highest BCUT2D eigenvalue weighted by molar-refractivity contribution is 8.23. The predicted octanol–water partition coefficient (Wildman–Crippen LogP) is 2.60. The summed E-state index contributed by atoms with van der Waals surface area (Å²) in [5.74, 6) is 0.747. The van der Waals surface area contributed by atoms with Gasteiger partial charge in [0, 0.05) is 25.2 Å². The van der Waals surface area contributed by atoms with Crippen molar-refractivity contribution in [2.75, 3.05) is 32.6 Å². The molecule has 0 bridgehead atoms. The van der Waals surface area contributed by atoms with Gasteiger partial charge >= 0.3 is 5.97 Å². The monoisotopic (exact) mass is 410 g/mol. The van der Waals surface area contributed by atoms with Gasteiger partial charge in [0.25, 0.3) is 5.91 Å². The van der Waals surface area contributed by atoms with Crippen molar-refractivity contribution in [3.05, 3.63) is 29.8 Å². The Bertz CT molecular complexity index is 661. The van der Waals surface area contributed by atoms with E-state index in [1.807, 2.05) is 24.3 Å². The number of hydrogen-bond donors (Lipinski definition) is 1. The van der Waals surface area contributed by atoms with Crippen LogP contribution in [0.4, 0.5) is 0 Å². The number of hydrogen-bond acceptors (Lipinski definition) is 6. The number of likely N-dealkylation sites (tertiary alicyclic amines) is 1. The summed E-state index contributed by atoms with van der Waals surface area (Å²) in [4.78, 5) is 25.8. The fourth-order valence-electron chi connectivity index (χ4n) is 2.68. The van der Waals surface area contributed by atoms with Crippen LogP contribution >= 0.6 is 24.0 Å². The van der Waals surface area contributed by atoms with Crippen LogP contribution in [-0.2, 0) is 20.9 Å². The largest absolute Gasteiger partial charge is 0.496 e. The van der Waals surface area contributed by atoms with E-state index in [1.165, 1.54) is 11.8 Å². The van der Waals surface area contributed by atoms with Crippen LogP contribution in [0.15, 0.2) is 24.3 Å². The lowest BCUT2D eigenvalue weighted by atomic mass is 10.00. The third-order valence-corrected chi connectivity index (χ3v) is 5.89. The third-order valence-electron chi connectivity index (χ3n) is 4.39. The Labute approximate surface area is 170 Å². The fraction of sp³-hybridized carbons (Fsp3) is 0.526. The van der Waals surface area contributed by atoms with Crippen LogP contribution in [0.2, 0.25) is 0 Å². The molecule has 0 aliphatic carbocycles. The number of rotatable bonds is 7. The highest BCUT2D eigenvalue weighted by Crippen LogP contribution is 2.20. The summed E-state index contributed by atoms with van der Waals surface area (Å²) in [7, 11) is 1.58. The molecule has 0 spiro atoms. The van der Waals surface area contributed by atoms with Crippen LogP contribution in [0.1, 0.15) is 25.3 Å². The summed E-state index contributed by atoms with van der Waals surface area (Å²) in [5, 5.41) is 2.71. The molecule has 0 unspecified atom stereocenters. The molecule has 8 heteroatoms. The van der Waals surface area contributed by atoms with E-state index in [-0.39, 0.29) is 18.3 Å². The van der Waals surface area contributed by atoms with Crippen molar-refractivity contribution in [2.24, 2.45) is 5.92 Å². The second-order valence-corrected chi connectivity index (χ2v) is 8.08. The first kappa shape index (κ1) is 21.5. The van der Waals surface area contributed by atoms with Gasteiger partial charge in [0.05, 0.1) is 12.9 Å². The van der Waals surface area contributed by atoms with E-state index in [0.717, 1.165) is 41.7 Å². The second kappa shape index (κ2) is 11.1. The number of esters is 1. The lowest BCUT2D eigenvalue weighted by molar-refractivity contribution is -0.145. The van der Waals surface area contributed by atoms with Gasteiger partial charge in [0.15, 0.2) is 6.61 Å². The number of carbonyl (C=O) groups is 2. The first-order chi connectivity index (χ1) is 13.0. The normalized spacial score (nSPS) is 14.5. The second-order valence-electron chi connectivity index (χ2n) is 6.47. The molecule has 1 fully saturated rings. The van der Waals surface area contributed by atoms with Gasteiger partial charge in [-0.3, -0.25) is 9.59 Å². The van der Waals surface area contributed by atoms with Gasteiger partial charge in [-0.1, -0.05) is 49.1 Å². The first-order valence-corrected chi connectivity index (χ1v) is 10.3.